The summed E-state index contributed by atoms with van der Waals surface area (Å²) in [6.07, 6.45) is 8.06. The van der Waals surface area contributed by atoms with Crippen LogP contribution in [-0.2, 0) is 0 Å². The number of hydrogen-bond donors (Lipinski definition) is 3. The van der Waals surface area contributed by atoms with Crippen LogP contribution in [0.2, 0.25) is 0 Å². The molecule has 0 atom stereocenters. The highest BCUT2D eigenvalue weighted by Crippen LogP contribution is 2.21. The van der Waals surface area contributed by atoms with E-state index in [-0.39, 0.29) is 0 Å². The molecule has 0 amide bonds. The minimum absolute atomic E-state index is 0.931. The zero-order valence-corrected chi connectivity index (χ0v) is 17.3. The van der Waals surface area contributed by atoms with E-state index in [0.717, 1.165) is 28.5 Å². The predicted octanol–water partition coefficient (Wildman–Crippen LogP) is 3.62. The maximum Gasteiger partial charge on any atom is 0.198 e. The standard InChI is InChI=1S/C26H24N4/c1-19-3-5-21(6-4-19)28-23-11-13-25(14-12-23)30-26-17-15-24(16-18-26)29-22-9-7-20(27-2)8-10-22/h3-18,28,30H,1-2H3/p+2. The average molecular weight is 395 g/mol. The molecule has 3 aromatic carbocycles. The monoisotopic (exact) mass is 394 g/mol. The number of benzene rings is 3. The molecule has 0 fully saturated rings. The van der Waals surface area contributed by atoms with Crippen molar-refractivity contribution >= 4 is 39.9 Å². The van der Waals surface area contributed by atoms with Gasteiger partial charge < -0.3 is 5.32 Å². The number of allylic oxidation sites excluding steroid dienone is 4. The van der Waals surface area contributed by atoms with Crippen LogP contribution in [0, 0.1) is 6.92 Å². The lowest BCUT2D eigenvalue weighted by molar-refractivity contribution is -0.478. The molecule has 0 saturated heterocycles. The fourth-order valence-corrected chi connectivity index (χ4v) is 3.16. The Hall–Kier alpha value is -3.76. The van der Waals surface area contributed by atoms with E-state index < -0.39 is 0 Å². The second-order valence-electron chi connectivity index (χ2n) is 7.26. The van der Waals surface area contributed by atoms with E-state index >= 15 is 0 Å². The van der Waals surface area contributed by atoms with Crippen LogP contribution in [0.1, 0.15) is 5.56 Å². The molecule has 1 aliphatic carbocycles. The quantitative estimate of drug-likeness (QED) is 0.449. The topological polar surface area (TPSA) is 55.0 Å². The fraction of sp³-hybridized carbons (Fsp3) is 0.0769. The Morgan fingerprint density at radius 1 is 0.700 bits per heavy atom. The van der Waals surface area contributed by atoms with Gasteiger partial charge >= 0.3 is 0 Å². The highest BCUT2D eigenvalue weighted by atomic mass is 14.9. The van der Waals surface area contributed by atoms with Gasteiger partial charge in [0, 0.05) is 35.7 Å². The van der Waals surface area contributed by atoms with Gasteiger partial charge in [0.2, 0.25) is 0 Å². The van der Waals surface area contributed by atoms with Gasteiger partial charge in [0.1, 0.15) is 18.4 Å². The van der Waals surface area contributed by atoms with Gasteiger partial charge in [0.05, 0.1) is 11.4 Å². The molecule has 148 valence electrons. The highest BCUT2D eigenvalue weighted by molar-refractivity contribution is 6.17. The van der Waals surface area contributed by atoms with Crippen LogP contribution in [-0.4, -0.2) is 18.5 Å². The van der Waals surface area contributed by atoms with Gasteiger partial charge in [-0.2, -0.15) is 0 Å². The van der Waals surface area contributed by atoms with E-state index in [1.54, 1.807) is 0 Å². The first-order chi connectivity index (χ1) is 14.7. The summed E-state index contributed by atoms with van der Waals surface area (Å²) in [4.78, 5) is 7.78. The molecule has 0 aliphatic heterocycles. The van der Waals surface area contributed by atoms with Crippen molar-refractivity contribution in [1.29, 1.82) is 0 Å². The number of hydrogen-bond acceptors (Lipinski definition) is 2. The Labute approximate surface area is 177 Å². The second-order valence-corrected chi connectivity index (χ2v) is 7.26. The van der Waals surface area contributed by atoms with Gasteiger partial charge in [-0.15, -0.1) is 0 Å². The van der Waals surface area contributed by atoms with Crippen LogP contribution in [0.4, 0.5) is 28.4 Å². The van der Waals surface area contributed by atoms with E-state index in [1.165, 1.54) is 16.9 Å². The van der Waals surface area contributed by atoms with Crippen LogP contribution in [0.15, 0.2) is 102 Å². The lowest BCUT2D eigenvalue weighted by Gasteiger charge is -2.08. The summed E-state index contributed by atoms with van der Waals surface area (Å²) < 4.78 is 0. The van der Waals surface area contributed by atoms with E-state index in [4.69, 9.17) is 0 Å². The minimum atomic E-state index is 0.931. The number of rotatable bonds is 5. The molecule has 4 rings (SSSR count). The Bertz CT molecular complexity index is 1100. The number of nitrogens with one attached hydrogen (secondary N) is 2. The van der Waals surface area contributed by atoms with E-state index in [1.807, 2.05) is 55.6 Å². The number of quaternary nitrogens is 1. The summed E-state index contributed by atoms with van der Waals surface area (Å²) in [5, 5.41) is 5.63. The molecule has 0 unspecified atom stereocenters. The summed E-state index contributed by atoms with van der Waals surface area (Å²) in [7, 11) is 1.91. The summed E-state index contributed by atoms with van der Waals surface area (Å²) in [6.45, 7) is 2.10. The number of aryl methyl sites for hydroxylation is 1. The lowest BCUT2D eigenvalue weighted by Crippen LogP contribution is -2.70. The molecule has 0 saturated carbocycles. The molecule has 0 radical (unpaired) electrons. The van der Waals surface area contributed by atoms with Crippen molar-refractivity contribution in [3.05, 3.63) is 103 Å². The zero-order chi connectivity index (χ0) is 20.8. The van der Waals surface area contributed by atoms with Crippen LogP contribution >= 0.6 is 0 Å². The van der Waals surface area contributed by atoms with Gasteiger partial charge in [0.25, 0.3) is 0 Å². The van der Waals surface area contributed by atoms with Crippen LogP contribution in [0.25, 0.3) is 0 Å². The molecule has 4 heteroatoms. The van der Waals surface area contributed by atoms with Gasteiger partial charge in [-0.1, -0.05) is 17.7 Å². The molecule has 3 aromatic rings. The Morgan fingerprint density at radius 3 is 1.80 bits per heavy atom. The summed E-state index contributed by atoms with van der Waals surface area (Å²) in [5.41, 5.74) is 8.71. The third-order valence-corrected chi connectivity index (χ3v) is 4.89. The maximum atomic E-state index is 4.66. The summed E-state index contributed by atoms with van der Waals surface area (Å²) in [6, 6.07) is 25.1. The first-order valence-corrected chi connectivity index (χ1v) is 10.1. The maximum absolute atomic E-state index is 4.66. The van der Waals surface area contributed by atoms with Crippen molar-refractivity contribution in [2.24, 2.45) is 4.99 Å². The number of anilines is 2. The molecular formula is C26H26N4+2. The van der Waals surface area contributed by atoms with Crippen molar-refractivity contribution in [3.8, 4) is 0 Å². The predicted molar refractivity (Wildman–Crippen MR) is 126 cm³/mol. The second kappa shape index (κ2) is 9.16. The van der Waals surface area contributed by atoms with Gasteiger partial charge in [-0.05, 0) is 67.6 Å². The van der Waals surface area contributed by atoms with Crippen molar-refractivity contribution < 1.29 is 10.3 Å². The summed E-state index contributed by atoms with van der Waals surface area (Å²) >= 11 is 0. The Kier molecular flexibility index (Phi) is 5.97. The molecule has 30 heavy (non-hydrogen) atoms. The van der Waals surface area contributed by atoms with Crippen molar-refractivity contribution in [2.75, 3.05) is 12.4 Å². The third-order valence-electron chi connectivity index (χ3n) is 4.89. The normalized spacial score (nSPS) is 12.7. The van der Waals surface area contributed by atoms with Crippen molar-refractivity contribution in [2.45, 2.75) is 6.92 Å². The zero-order valence-electron chi connectivity index (χ0n) is 17.3. The highest BCUT2D eigenvalue weighted by Gasteiger charge is 2.03. The van der Waals surface area contributed by atoms with Crippen molar-refractivity contribution in [3.63, 3.8) is 0 Å². The minimum Gasteiger partial charge on any atom is -0.356 e. The molecule has 0 spiro atoms. The van der Waals surface area contributed by atoms with Gasteiger partial charge in [-0.25, -0.2) is 9.98 Å². The number of aliphatic imine (C=N–C) groups is 1. The average Bonchev–Trinajstić information content (AvgIpc) is 2.78. The van der Waals surface area contributed by atoms with Crippen LogP contribution < -0.4 is 15.6 Å². The first kappa shape index (κ1) is 19.6. The van der Waals surface area contributed by atoms with E-state index in [2.05, 4.69) is 76.1 Å². The van der Waals surface area contributed by atoms with Crippen molar-refractivity contribution in [1.82, 2.24) is 0 Å². The number of nitrogens with zero attached hydrogens (tertiary/aromatic N) is 1. The van der Waals surface area contributed by atoms with Gasteiger partial charge in [0.15, 0.2) is 5.71 Å². The van der Waals surface area contributed by atoms with Crippen LogP contribution in [0.3, 0.4) is 0 Å². The first-order valence-electron chi connectivity index (χ1n) is 10.1. The fourth-order valence-electron chi connectivity index (χ4n) is 3.16. The summed E-state index contributed by atoms with van der Waals surface area (Å²) in [5.74, 6) is 0. The molecule has 1 aliphatic rings. The lowest BCUT2D eigenvalue weighted by atomic mass is 10.1. The van der Waals surface area contributed by atoms with E-state index in [0.29, 0.717) is 0 Å². The number of nitrogens with two attached hydrogens (primary N) is 1. The Balaban J connectivity index is 1.37. The Morgan fingerprint density at radius 2 is 1.23 bits per heavy atom. The SMILES string of the molecule is C[NH+]=C1C=CC(=Nc2ccc(Nc3ccc([NH2+]c4ccc(C)cc4)cc3)cc2)C=C1. The van der Waals surface area contributed by atoms with Crippen LogP contribution in [0.5, 0.6) is 0 Å². The largest absolute Gasteiger partial charge is 0.356 e. The molecule has 0 bridgehead atoms. The molecule has 0 aromatic heterocycles. The molecule has 4 nitrogen and oxygen atoms in total. The molecule has 0 heterocycles. The van der Waals surface area contributed by atoms with Gasteiger partial charge in [-0.3, -0.25) is 5.32 Å². The smallest absolute Gasteiger partial charge is 0.198 e. The van der Waals surface area contributed by atoms with E-state index in [9.17, 15) is 0 Å². The third kappa shape index (κ3) is 5.19. The molecule has 4 N–H and O–H groups in total. The molecular weight excluding hydrogens is 368 g/mol.